The second-order valence-electron chi connectivity index (χ2n) is 10.2. The standard InChI is InChI=1S/C21H31NO4/c1-18(2)9-19(3)12-7-21(10-25-5,11-26-6)8-13(12)20(18,4)15-14(19)16(23)22-17(15)24/h14-15H,7-11H2,1-6H3,(H,22,23,24)/t14-,15+,19+,20-/m0/s1. The molecule has 26 heavy (non-hydrogen) atoms. The molecule has 0 spiro atoms. The summed E-state index contributed by atoms with van der Waals surface area (Å²) >= 11 is 0. The number of carbonyl (C=O) groups excluding carboxylic acids is 2. The van der Waals surface area contributed by atoms with Crippen LogP contribution in [-0.2, 0) is 19.1 Å². The summed E-state index contributed by atoms with van der Waals surface area (Å²) in [6.07, 6.45) is 2.73. The second-order valence-corrected chi connectivity index (χ2v) is 10.2. The van der Waals surface area contributed by atoms with Crippen molar-refractivity contribution in [1.82, 2.24) is 5.32 Å². The van der Waals surface area contributed by atoms with E-state index in [4.69, 9.17) is 9.47 Å². The maximum absolute atomic E-state index is 12.8. The van der Waals surface area contributed by atoms with Crippen molar-refractivity contribution in [2.75, 3.05) is 27.4 Å². The number of ether oxygens (including phenoxy) is 2. The number of carbonyl (C=O) groups is 2. The van der Waals surface area contributed by atoms with E-state index in [1.54, 1.807) is 14.2 Å². The van der Waals surface area contributed by atoms with Gasteiger partial charge in [-0.25, -0.2) is 0 Å². The molecule has 1 heterocycles. The summed E-state index contributed by atoms with van der Waals surface area (Å²) < 4.78 is 11.2. The van der Waals surface area contributed by atoms with Crippen molar-refractivity contribution in [1.29, 1.82) is 0 Å². The van der Waals surface area contributed by atoms with Crippen LogP contribution in [0.1, 0.15) is 47.0 Å². The van der Waals surface area contributed by atoms with Gasteiger partial charge in [-0.15, -0.1) is 0 Å². The second kappa shape index (κ2) is 5.20. The molecule has 0 aromatic rings. The third-order valence-electron chi connectivity index (χ3n) is 8.35. The van der Waals surface area contributed by atoms with Gasteiger partial charge in [0.05, 0.1) is 25.0 Å². The monoisotopic (exact) mass is 361 g/mol. The van der Waals surface area contributed by atoms with Gasteiger partial charge in [-0.2, -0.15) is 0 Å². The first-order valence-corrected chi connectivity index (χ1v) is 9.62. The van der Waals surface area contributed by atoms with Gasteiger partial charge < -0.3 is 9.47 Å². The zero-order chi connectivity index (χ0) is 19.1. The van der Waals surface area contributed by atoms with Gasteiger partial charge in [0, 0.05) is 30.5 Å². The Balaban J connectivity index is 1.90. The van der Waals surface area contributed by atoms with E-state index in [2.05, 4.69) is 33.0 Å². The van der Waals surface area contributed by atoms with Crippen molar-refractivity contribution in [3.63, 3.8) is 0 Å². The first-order valence-electron chi connectivity index (χ1n) is 9.62. The molecule has 5 nitrogen and oxygen atoms in total. The molecule has 4 atom stereocenters. The fourth-order valence-electron chi connectivity index (χ4n) is 7.28. The van der Waals surface area contributed by atoms with Crippen LogP contribution < -0.4 is 5.32 Å². The SMILES string of the molecule is COCC1(COC)CC2=C(C1)[C@@]1(C)CC(C)(C)[C@]2(C)[C@H]2C(=O)NC(=O)[C@H]21. The van der Waals surface area contributed by atoms with Gasteiger partial charge >= 0.3 is 0 Å². The molecule has 5 heteroatoms. The highest BCUT2D eigenvalue weighted by Gasteiger charge is 2.74. The Kier molecular flexibility index (Phi) is 3.63. The topological polar surface area (TPSA) is 64.6 Å². The predicted octanol–water partition coefficient (Wildman–Crippen LogP) is 2.70. The molecule has 0 aromatic carbocycles. The highest BCUT2D eigenvalue weighted by Crippen LogP contribution is 2.76. The molecule has 5 rings (SSSR count). The summed E-state index contributed by atoms with van der Waals surface area (Å²) in [7, 11) is 3.48. The summed E-state index contributed by atoms with van der Waals surface area (Å²) in [4.78, 5) is 25.6. The summed E-state index contributed by atoms with van der Waals surface area (Å²) in [5.41, 5.74) is 2.11. The molecule has 1 saturated heterocycles. The molecule has 0 aromatic heterocycles. The van der Waals surface area contributed by atoms with Gasteiger partial charge in [0.2, 0.25) is 11.8 Å². The Morgan fingerprint density at radius 1 is 0.923 bits per heavy atom. The van der Waals surface area contributed by atoms with Crippen LogP contribution in [-0.4, -0.2) is 39.2 Å². The summed E-state index contributed by atoms with van der Waals surface area (Å²) in [5.74, 6) is -0.660. The molecule has 2 fully saturated rings. The van der Waals surface area contributed by atoms with E-state index in [0.717, 1.165) is 19.3 Å². The molecule has 1 aliphatic heterocycles. The van der Waals surface area contributed by atoms with Crippen LogP contribution >= 0.6 is 0 Å². The number of imide groups is 1. The summed E-state index contributed by atoms with van der Waals surface area (Å²) in [6, 6.07) is 0. The number of amides is 2. The van der Waals surface area contributed by atoms with Crippen LogP contribution in [0.15, 0.2) is 11.1 Å². The van der Waals surface area contributed by atoms with Gasteiger partial charge in [-0.1, -0.05) is 38.8 Å². The van der Waals surface area contributed by atoms with Gasteiger partial charge in [0.15, 0.2) is 0 Å². The average molecular weight is 361 g/mol. The lowest BCUT2D eigenvalue weighted by molar-refractivity contribution is -0.150. The maximum atomic E-state index is 12.8. The largest absolute Gasteiger partial charge is 0.384 e. The van der Waals surface area contributed by atoms with Crippen molar-refractivity contribution in [2.45, 2.75) is 47.0 Å². The van der Waals surface area contributed by atoms with Crippen LogP contribution in [0.4, 0.5) is 0 Å². The number of methoxy groups -OCH3 is 2. The first-order chi connectivity index (χ1) is 12.1. The third kappa shape index (κ3) is 1.89. The van der Waals surface area contributed by atoms with Gasteiger partial charge in [0.25, 0.3) is 0 Å². The molecular weight excluding hydrogens is 330 g/mol. The number of fused-ring (bicyclic) bond motifs is 1. The molecule has 0 unspecified atom stereocenters. The molecule has 5 aliphatic rings. The lowest BCUT2D eigenvalue weighted by atomic mass is 9.37. The fraction of sp³-hybridized carbons (Fsp3) is 0.810. The van der Waals surface area contributed by atoms with Crippen LogP contribution in [0.2, 0.25) is 0 Å². The molecule has 144 valence electrons. The van der Waals surface area contributed by atoms with Crippen molar-refractivity contribution in [3.05, 3.63) is 11.1 Å². The van der Waals surface area contributed by atoms with E-state index in [1.807, 2.05) is 0 Å². The van der Waals surface area contributed by atoms with E-state index in [9.17, 15) is 9.59 Å². The van der Waals surface area contributed by atoms with E-state index >= 15 is 0 Å². The number of rotatable bonds is 4. The minimum atomic E-state index is -0.301. The highest BCUT2D eigenvalue weighted by molar-refractivity contribution is 6.07. The molecule has 1 saturated carbocycles. The van der Waals surface area contributed by atoms with Crippen LogP contribution in [0.25, 0.3) is 0 Å². The van der Waals surface area contributed by atoms with Crippen molar-refractivity contribution >= 4 is 11.8 Å². The minimum absolute atomic E-state index is 0.0417. The lowest BCUT2D eigenvalue weighted by Crippen LogP contribution is -2.61. The molecule has 1 N–H and O–H groups in total. The van der Waals surface area contributed by atoms with E-state index < -0.39 is 0 Å². The number of hydrogen-bond donors (Lipinski definition) is 1. The zero-order valence-corrected chi connectivity index (χ0v) is 16.8. The van der Waals surface area contributed by atoms with Gasteiger partial charge in [-0.3, -0.25) is 14.9 Å². The molecule has 2 amide bonds. The van der Waals surface area contributed by atoms with Crippen molar-refractivity contribution in [3.8, 4) is 0 Å². The zero-order valence-electron chi connectivity index (χ0n) is 16.8. The average Bonchev–Trinajstić information content (AvgIpc) is 3.04. The Morgan fingerprint density at radius 3 is 2.04 bits per heavy atom. The van der Waals surface area contributed by atoms with Crippen molar-refractivity contribution in [2.24, 2.45) is 33.5 Å². The number of hydrogen-bond acceptors (Lipinski definition) is 4. The van der Waals surface area contributed by atoms with E-state index in [-0.39, 0.29) is 45.3 Å². The third-order valence-corrected chi connectivity index (χ3v) is 8.35. The summed E-state index contributed by atoms with van der Waals surface area (Å²) in [6.45, 7) is 10.3. The molecule has 2 bridgehead atoms. The quantitative estimate of drug-likeness (QED) is 0.618. The Bertz CT molecular complexity index is 718. The molecule has 0 radical (unpaired) electrons. The van der Waals surface area contributed by atoms with Gasteiger partial charge in [0.1, 0.15) is 0 Å². The van der Waals surface area contributed by atoms with E-state index in [0.29, 0.717) is 13.2 Å². The van der Waals surface area contributed by atoms with Gasteiger partial charge in [-0.05, 0) is 24.7 Å². The van der Waals surface area contributed by atoms with Crippen molar-refractivity contribution < 1.29 is 19.1 Å². The number of allylic oxidation sites excluding steroid dienone is 2. The smallest absolute Gasteiger partial charge is 0.231 e. The first kappa shape index (κ1) is 18.2. The van der Waals surface area contributed by atoms with Crippen LogP contribution in [0.3, 0.4) is 0 Å². The van der Waals surface area contributed by atoms with E-state index in [1.165, 1.54) is 11.1 Å². The van der Waals surface area contributed by atoms with Crippen LogP contribution in [0.5, 0.6) is 0 Å². The normalized spacial score (nSPS) is 42.1. The minimum Gasteiger partial charge on any atom is -0.384 e. The molecular formula is C21H31NO4. The fourth-order valence-corrected chi connectivity index (χ4v) is 7.28. The lowest BCUT2D eigenvalue weighted by Gasteiger charge is -2.65. The summed E-state index contributed by atoms with van der Waals surface area (Å²) in [5, 5.41) is 2.65. The Morgan fingerprint density at radius 2 is 1.46 bits per heavy atom. The Hall–Kier alpha value is -1.20. The Labute approximate surface area is 155 Å². The highest BCUT2D eigenvalue weighted by atomic mass is 16.5. The predicted molar refractivity (Wildman–Crippen MR) is 97.2 cm³/mol. The molecule has 4 aliphatic carbocycles. The number of nitrogens with one attached hydrogen (secondary N) is 1. The van der Waals surface area contributed by atoms with Crippen LogP contribution in [0, 0.1) is 33.5 Å². The maximum Gasteiger partial charge on any atom is 0.231 e.